The average Bonchev–Trinajstić information content (AvgIpc) is 3.97. The number of fused-ring (bicyclic) bond motifs is 1. The van der Waals surface area contributed by atoms with Crippen LogP contribution in [0.15, 0.2) is 53.6 Å². The van der Waals surface area contributed by atoms with Gasteiger partial charge < -0.3 is 25.2 Å². The third-order valence-electron chi connectivity index (χ3n) is 12.0. The number of methoxy groups -OCH3 is 1. The Morgan fingerprint density at radius 1 is 0.922 bits per heavy atom. The first-order chi connectivity index (χ1) is 24.7. The number of piperazine rings is 1. The van der Waals surface area contributed by atoms with E-state index in [0.717, 1.165) is 79.7 Å². The molecule has 2 amide bonds. The number of anilines is 4. The maximum atomic E-state index is 13.9. The smallest absolute Gasteiger partial charge is 0.257 e. The maximum absolute atomic E-state index is 13.9. The van der Waals surface area contributed by atoms with Crippen LogP contribution in [0, 0.1) is 36.0 Å². The molecule has 264 valence electrons. The van der Waals surface area contributed by atoms with Crippen LogP contribution in [0.1, 0.15) is 56.9 Å². The Labute approximate surface area is 296 Å². The Balaban J connectivity index is 0.925. The highest BCUT2D eigenvalue weighted by Crippen LogP contribution is 2.60. The predicted octanol–water partition coefficient (Wildman–Crippen LogP) is 5.45. The van der Waals surface area contributed by atoms with Crippen molar-refractivity contribution >= 4 is 46.0 Å². The van der Waals surface area contributed by atoms with Crippen molar-refractivity contribution in [2.24, 2.45) is 29.1 Å². The number of aromatic nitrogens is 4. The van der Waals surface area contributed by atoms with Gasteiger partial charge in [0.2, 0.25) is 17.8 Å². The fourth-order valence-electron chi connectivity index (χ4n) is 9.71. The molecular formula is C39H44N8O4. The highest BCUT2D eigenvalue weighted by atomic mass is 16.5. The van der Waals surface area contributed by atoms with Crippen molar-refractivity contribution < 1.29 is 14.3 Å². The zero-order valence-corrected chi connectivity index (χ0v) is 29.2. The molecule has 5 saturated carbocycles. The second kappa shape index (κ2) is 12.3. The number of aryl methyl sites for hydroxylation is 1. The van der Waals surface area contributed by atoms with Crippen LogP contribution in [-0.2, 0) is 9.59 Å². The van der Waals surface area contributed by atoms with Gasteiger partial charge in [-0.15, -0.1) is 0 Å². The summed E-state index contributed by atoms with van der Waals surface area (Å²) in [6.07, 6.45) is 12.5. The number of rotatable bonds is 8. The second-order valence-corrected chi connectivity index (χ2v) is 15.6. The predicted molar refractivity (Wildman–Crippen MR) is 195 cm³/mol. The van der Waals surface area contributed by atoms with Crippen LogP contribution in [-0.4, -0.2) is 69.5 Å². The van der Waals surface area contributed by atoms with Crippen molar-refractivity contribution in [3.05, 3.63) is 64.7 Å². The first-order valence-corrected chi connectivity index (χ1v) is 18.4. The molecule has 0 spiro atoms. The molecule has 1 aromatic carbocycles. The van der Waals surface area contributed by atoms with E-state index in [1.54, 1.807) is 31.6 Å². The van der Waals surface area contributed by atoms with Gasteiger partial charge >= 0.3 is 0 Å². The van der Waals surface area contributed by atoms with Gasteiger partial charge in [-0.25, -0.2) is 9.97 Å². The molecule has 12 heteroatoms. The molecule has 2 N–H and O–H groups in total. The van der Waals surface area contributed by atoms with Crippen LogP contribution in [0.25, 0.3) is 16.7 Å². The Morgan fingerprint density at radius 3 is 2.33 bits per heavy atom. The number of hydrogen-bond acceptors (Lipinski definition) is 9. The van der Waals surface area contributed by atoms with Gasteiger partial charge in [0, 0.05) is 61.5 Å². The summed E-state index contributed by atoms with van der Waals surface area (Å²) in [5.41, 5.74) is 2.66. The summed E-state index contributed by atoms with van der Waals surface area (Å²) in [6, 6.07) is 10.7. The molecule has 4 bridgehead atoms. The molecule has 1 saturated heterocycles. The third-order valence-corrected chi connectivity index (χ3v) is 12.0. The average molecular weight is 689 g/mol. The number of pyridine rings is 2. The Hall–Kier alpha value is -5.00. The van der Waals surface area contributed by atoms with Crippen molar-refractivity contribution in [1.29, 1.82) is 0 Å². The van der Waals surface area contributed by atoms with Gasteiger partial charge in [-0.2, -0.15) is 4.98 Å². The molecule has 10 rings (SSSR count). The number of hydrogen-bond donors (Lipinski definition) is 2. The number of carbonyl (C=O) groups excluding carboxylic acids is 2. The first kappa shape index (κ1) is 31.9. The molecule has 6 aliphatic rings. The van der Waals surface area contributed by atoms with Crippen molar-refractivity contribution in [3.63, 3.8) is 0 Å². The lowest BCUT2D eigenvalue weighted by Gasteiger charge is -2.57. The molecular weight excluding hydrogens is 644 g/mol. The normalized spacial score (nSPS) is 25.3. The van der Waals surface area contributed by atoms with E-state index in [1.165, 1.54) is 23.8 Å². The fourth-order valence-corrected chi connectivity index (χ4v) is 9.71. The number of benzene rings is 1. The van der Waals surface area contributed by atoms with Crippen LogP contribution in [0.3, 0.4) is 0 Å². The van der Waals surface area contributed by atoms with E-state index in [-0.39, 0.29) is 28.7 Å². The minimum Gasteiger partial charge on any atom is -0.494 e. The van der Waals surface area contributed by atoms with Gasteiger partial charge in [-0.05, 0) is 99.8 Å². The topological polar surface area (TPSA) is 135 Å². The van der Waals surface area contributed by atoms with Gasteiger partial charge in [-0.1, -0.05) is 6.07 Å². The van der Waals surface area contributed by atoms with E-state index in [0.29, 0.717) is 47.5 Å². The van der Waals surface area contributed by atoms with Gasteiger partial charge in [0.15, 0.2) is 5.65 Å². The molecule has 12 nitrogen and oxygen atoms in total. The van der Waals surface area contributed by atoms with E-state index in [4.69, 9.17) is 14.7 Å². The van der Waals surface area contributed by atoms with E-state index in [2.05, 4.69) is 25.4 Å². The van der Waals surface area contributed by atoms with E-state index in [1.807, 2.05) is 31.2 Å². The summed E-state index contributed by atoms with van der Waals surface area (Å²) in [6.45, 7) is 4.70. The summed E-state index contributed by atoms with van der Waals surface area (Å²) >= 11 is 0. The van der Waals surface area contributed by atoms with E-state index >= 15 is 0 Å². The quantitative estimate of drug-likeness (QED) is 0.248. The lowest BCUT2D eigenvalue weighted by atomic mass is 9.49. The van der Waals surface area contributed by atoms with Crippen molar-refractivity contribution in [1.82, 2.24) is 24.4 Å². The molecule has 0 radical (unpaired) electrons. The van der Waals surface area contributed by atoms with Gasteiger partial charge in [-0.3, -0.25) is 19.0 Å². The van der Waals surface area contributed by atoms with Gasteiger partial charge in [0.1, 0.15) is 17.3 Å². The summed E-state index contributed by atoms with van der Waals surface area (Å²) in [7, 11) is 1.61. The monoisotopic (exact) mass is 688 g/mol. The van der Waals surface area contributed by atoms with Crippen molar-refractivity contribution in [2.75, 3.05) is 48.8 Å². The minimum atomic E-state index is -0.237. The van der Waals surface area contributed by atoms with E-state index in [9.17, 15) is 14.4 Å². The molecule has 51 heavy (non-hydrogen) atoms. The highest BCUT2D eigenvalue weighted by molar-refractivity contribution is 5.94. The lowest BCUT2D eigenvalue weighted by molar-refractivity contribution is -0.158. The number of ether oxygens (including phenoxy) is 1. The van der Waals surface area contributed by atoms with Crippen LogP contribution in [0.5, 0.6) is 5.75 Å². The molecule has 0 unspecified atom stereocenters. The maximum Gasteiger partial charge on any atom is 0.257 e. The molecule has 5 aliphatic carbocycles. The molecule has 4 aromatic rings. The largest absolute Gasteiger partial charge is 0.494 e. The van der Waals surface area contributed by atoms with Crippen LogP contribution < -0.4 is 25.8 Å². The third kappa shape index (κ3) is 5.88. The number of nitrogens with one attached hydrogen (secondary N) is 2. The molecule has 4 heterocycles. The van der Waals surface area contributed by atoms with Crippen LogP contribution in [0.4, 0.5) is 23.1 Å². The SMILES string of the molecule is COc1cc(N2CCN(C(=O)C34CC5CC(CC(C5)C3)C4)CC2)ncc1Nc1ncc2c(C)cc(=O)n(-c3cccc(NC(=O)C4CC4)c3)c2n1. The summed E-state index contributed by atoms with van der Waals surface area (Å²) < 4.78 is 7.33. The number of nitrogens with zero attached hydrogens (tertiary/aromatic N) is 6. The van der Waals surface area contributed by atoms with Crippen molar-refractivity contribution in [2.45, 2.75) is 58.3 Å². The van der Waals surface area contributed by atoms with Crippen LogP contribution in [0.2, 0.25) is 0 Å². The standard InChI is InChI=1S/C39H44N8O4/c1-23-12-34(48)47(29-5-3-4-28(16-29)42-36(49)27-6-7-27)35-30(23)21-41-38(44-35)43-31-22-40-33(17-32(31)51-2)45-8-10-46(11-9-45)37(50)39-18-24-13-25(19-39)15-26(14-24)20-39/h3-5,12,16-17,21-22,24-27H,6-11,13-15,18-20H2,1-2H3,(H,42,49)(H,41,43,44). The van der Waals surface area contributed by atoms with Gasteiger partial charge in [0.05, 0.1) is 24.4 Å². The Kier molecular flexibility index (Phi) is 7.73. The zero-order chi connectivity index (χ0) is 34.9. The Morgan fingerprint density at radius 2 is 1.65 bits per heavy atom. The van der Waals surface area contributed by atoms with Crippen molar-refractivity contribution in [3.8, 4) is 11.4 Å². The van der Waals surface area contributed by atoms with E-state index < -0.39 is 0 Å². The first-order valence-electron chi connectivity index (χ1n) is 18.4. The van der Waals surface area contributed by atoms with Crippen LogP contribution >= 0.6 is 0 Å². The fraction of sp³-hybridized carbons (Fsp3) is 0.487. The molecule has 0 atom stereocenters. The highest BCUT2D eigenvalue weighted by Gasteiger charge is 2.55. The second-order valence-electron chi connectivity index (χ2n) is 15.6. The molecule has 1 aliphatic heterocycles. The number of amides is 2. The lowest BCUT2D eigenvalue weighted by Crippen LogP contribution is -2.58. The summed E-state index contributed by atoms with van der Waals surface area (Å²) in [5, 5.41) is 6.95. The summed E-state index contributed by atoms with van der Waals surface area (Å²) in [5.74, 6) is 4.37. The zero-order valence-electron chi connectivity index (χ0n) is 29.2. The number of carbonyl (C=O) groups is 2. The summed E-state index contributed by atoms with van der Waals surface area (Å²) in [4.78, 5) is 58.2. The van der Waals surface area contributed by atoms with Gasteiger partial charge in [0.25, 0.3) is 5.56 Å². The minimum absolute atomic E-state index is 0.000435. The Bertz CT molecular complexity index is 2070. The molecule has 6 fully saturated rings. The molecule has 3 aromatic heterocycles.